The van der Waals surface area contributed by atoms with Crippen molar-refractivity contribution in [2.45, 2.75) is 130 Å². The molecule has 10 atom stereocenters. The number of unbranched alkanes of at least 4 members (excludes halogenated alkanes) is 8. The molecular formula is C23H44O10Se. The van der Waals surface area contributed by atoms with E-state index in [1.807, 2.05) is 0 Å². The van der Waals surface area contributed by atoms with Gasteiger partial charge in [0, 0.05) is 0 Å². The third-order valence-electron chi connectivity index (χ3n) is 6.49. The Labute approximate surface area is 208 Å². The van der Waals surface area contributed by atoms with E-state index in [-0.39, 0.29) is 15.0 Å². The Bertz CT molecular complexity index is 540. The minimum absolute atomic E-state index is 0.108. The van der Waals surface area contributed by atoms with E-state index >= 15 is 0 Å². The Morgan fingerprint density at radius 3 is 1.82 bits per heavy atom. The molecule has 202 valence electrons. The van der Waals surface area contributed by atoms with E-state index in [1.54, 1.807) is 0 Å². The third-order valence-corrected chi connectivity index (χ3v) is 9.10. The Kier molecular flexibility index (Phi) is 14.3. The summed E-state index contributed by atoms with van der Waals surface area (Å²) in [4.78, 5) is 0. The van der Waals surface area contributed by atoms with Gasteiger partial charge in [0.2, 0.25) is 0 Å². The Hall–Kier alpha value is 0.119. The van der Waals surface area contributed by atoms with Gasteiger partial charge in [0.15, 0.2) is 0 Å². The molecule has 0 aromatic rings. The van der Waals surface area contributed by atoms with Crippen molar-refractivity contribution in [2.24, 2.45) is 0 Å². The van der Waals surface area contributed by atoms with E-state index < -0.39 is 73.3 Å². The number of hydrogen-bond acceptors (Lipinski definition) is 10. The second-order valence-corrected chi connectivity index (χ2v) is 11.7. The molecule has 2 heterocycles. The topological polar surface area (TPSA) is 169 Å². The molecule has 2 aliphatic rings. The van der Waals surface area contributed by atoms with Crippen LogP contribution in [0.4, 0.5) is 0 Å². The summed E-state index contributed by atoms with van der Waals surface area (Å²) in [6.45, 7) is 1.10. The summed E-state index contributed by atoms with van der Waals surface area (Å²) in [5, 5.41) is 70.7. The Balaban J connectivity index is 1.78. The molecule has 0 spiro atoms. The van der Waals surface area contributed by atoms with Crippen molar-refractivity contribution in [3.63, 3.8) is 0 Å². The maximum atomic E-state index is 10.7. The van der Waals surface area contributed by atoms with Crippen molar-refractivity contribution in [3.8, 4) is 0 Å². The van der Waals surface area contributed by atoms with Crippen molar-refractivity contribution in [2.75, 3.05) is 13.2 Å². The monoisotopic (exact) mass is 560 g/mol. The molecule has 2 rings (SSSR count). The zero-order valence-electron chi connectivity index (χ0n) is 20.0. The van der Waals surface area contributed by atoms with Crippen LogP contribution in [0.25, 0.3) is 0 Å². The van der Waals surface area contributed by atoms with Crippen LogP contribution in [0.1, 0.15) is 64.7 Å². The van der Waals surface area contributed by atoms with E-state index in [0.717, 1.165) is 18.2 Å². The molecule has 2 saturated heterocycles. The minimum atomic E-state index is -1.66. The third kappa shape index (κ3) is 8.61. The number of aliphatic hydroxyl groups is 7. The van der Waals surface area contributed by atoms with E-state index in [2.05, 4.69) is 6.92 Å². The molecule has 0 saturated carbocycles. The predicted molar refractivity (Wildman–Crippen MR) is 124 cm³/mol. The van der Waals surface area contributed by atoms with Gasteiger partial charge < -0.3 is 0 Å². The zero-order valence-corrected chi connectivity index (χ0v) is 21.7. The summed E-state index contributed by atoms with van der Waals surface area (Å²) in [5.41, 5.74) is 0. The molecule has 0 bridgehead atoms. The average Bonchev–Trinajstić information content (AvgIpc) is 2.84. The fourth-order valence-electron chi connectivity index (χ4n) is 4.31. The van der Waals surface area contributed by atoms with Gasteiger partial charge in [-0.1, -0.05) is 0 Å². The first-order chi connectivity index (χ1) is 16.3. The quantitative estimate of drug-likeness (QED) is 0.100. The first-order valence-corrected chi connectivity index (χ1v) is 14.8. The number of aliphatic hydroxyl groups excluding tert-OH is 7. The van der Waals surface area contributed by atoms with Crippen LogP contribution in [-0.2, 0) is 14.2 Å². The van der Waals surface area contributed by atoms with E-state index in [0.29, 0.717) is 0 Å². The molecule has 34 heavy (non-hydrogen) atoms. The molecular weight excluding hydrogens is 515 g/mol. The molecule has 4 unspecified atom stereocenters. The summed E-state index contributed by atoms with van der Waals surface area (Å²) >= 11 is -0.108. The predicted octanol–water partition coefficient (Wildman–Crippen LogP) is -0.736. The molecule has 2 aliphatic heterocycles. The van der Waals surface area contributed by atoms with Crippen molar-refractivity contribution in [1.82, 2.24) is 0 Å². The van der Waals surface area contributed by atoms with Gasteiger partial charge in [-0.25, -0.2) is 0 Å². The normalized spacial score (nSPS) is 38.8. The van der Waals surface area contributed by atoms with Gasteiger partial charge in [-0.15, -0.1) is 0 Å². The van der Waals surface area contributed by atoms with Crippen molar-refractivity contribution < 1.29 is 50.0 Å². The summed E-state index contributed by atoms with van der Waals surface area (Å²) in [7, 11) is 0. The van der Waals surface area contributed by atoms with Crippen molar-refractivity contribution >= 4 is 15.0 Å². The first kappa shape index (κ1) is 30.3. The molecule has 0 aromatic carbocycles. The summed E-state index contributed by atoms with van der Waals surface area (Å²) in [6.07, 6.45) is -1.35. The van der Waals surface area contributed by atoms with Gasteiger partial charge >= 0.3 is 208 Å². The van der Waals surface area contributed by atoms with Crippen LogP contribution in [0.2, 0.25) is 5.32 Å². The SMILES string of the molecule is CCCCCCCCCCC[Se][C@@H]1OC(CO)[C@@H](O[C@H]2OC(CO)[C@@H](O)[C@H](O)C2O)[C@H](O)C1O. The number of ether oxygens (including phenoxy) is 3. The molecule has 11 heteroatoms. The van der Waals surface area contributed by atoms with E-state index in [4.69, 9.17) is 14.2 Å². The fraction of sp³-hybridized carbons (Fsp3) is 1.00. The average molecular weight is 560 g/mol. The molecule has 10 nitrogen and oxygen atoms in total. The summed E-state index contributed by atoms with van der Waals surface area (Å²) < 4.78 is 16.7. The summed E-state index contributed by atoms with van der Waals surface area (Å²) in [5.74, 6) is 0. The number of rotatable bonds is 15. The van der Waals surface area contributed by atoms with Gasteiger partial charge in [-0.3, -0.25) is 0 Å². The van der Waals surface area contributed by atoms with Crippen LogP contribution >= 0.6 is 0 Å². The van der Waals surface area contributed by atoms with Gasteiger partial charge in [0.1, 0.15) is 0 Å². The van der Waals surface area contributed by atoms with Crippen LogP contribution in [0, 0.1) is 0 Å². The van der Waals surface area contributed by atoms with Crippen molar-refractivity contribution in [3.05, 3.63) is 0 Å². The van der Waals surface area contributed by atoms with Crippen molar-refractivity contribution in [1.29, 1.82) is 0 Å². The van der Waals surface area contributed by atoms with Gasteiger partial charge in [0.25, 0.3) is 0 Å². The van der Waals surface area contributed by atoms with Gasteiger partial charge in [0.05, 0.1) is 0 Å². The van der Waals surface area contributed by atoms with Gasteiger partial charge in [-0.05, 0) is 0 Å². The van der Waals surface area contributed by atoms with E-state index in [9.17, 15) is 35.7 Å². The van der Waals surface area contributed by atoms with E-state index in [1.165, 1.54) is 44.9 Å². The van der Waals surface area contributed by atoms with Crippen LogP contribution < -0.4 is 0 Å². The second kappa shape index (κ2) is 16.1. The Morgan fingerprint density at radius 1 is 0.647 bits per heavy atom. The van der Waals surface area contributed by atoms with Crippen LogP contribution in [0.5, 0.6) is 0 Å². The molecule has 0 amide bonds. The summed E-state index contributed by atoms with van der Waals surface area (Å²) in [6, 6.07) is 0. The van der Waals surface area contributed by atoms with Crippen LogP contribution in [-0.4, -0.2) is 124 Å². The molecule has 0 aromatic heterocycles. The van der Waals surface area contributed by atoms with Gasteiger partial charge in [-0.2, -0.15) is 0 Å². The molecule has 0 radical (unpaired) electrons. The zero-order chi connectivity index (χ0) is 25.1. The Morgan fingerprint density at radius 2 is 1.24 bits per heavy atom. The number of hydrogen-bond donors (Lipinski definition) is 7. The fourth-order valence-corrected chi connectivity index (χ4v) is 6.79. The second-order valence-electron chi connectivity index (χ2n) is 9.20. The maximum absolute atomic E-state index is 10.7. The molecule has 0 aliphatic carbocycles. The van der Waals surface area contributed by atoms with Crippen LogP contribution in [0.3, 0.4) is 0 Å². The van der Waals surface area contributed by atoms with Crippen LogP contribution in [0.15, 0.2) is 0 Å². The first-order valence-electron chi connectivity index (χ1n) is 12.6. The molecule has 7 N–H and O–H groups in total. The molecule has 2 fully saturated rings. The standard InChI is InChI=1S/C23H44O10Se/c1-2-3-4-5-6-7-8-9-10-11-34-23-20(30)18(28)21(15(13-25)32-23)33-22-19(29)17(27)16(26)14(12-24)31-22/h14-30H,2-13H2,1H3/t14?,15?,16-,17+,18-,19?,20?,21-,22-,23+/m1/s1.